The lowest BCUT2D eigenvalue weighted by atomic mass is 10.0. The first-order chi connectivity index (χ1) is 9.93. The van der Waals surface area contributed by atoms with E-state index in [-0.39, 0.29) is 17.8 Å². The van der Waals surface area contributed by atoms with Gasteiger partial charge in [-0.25, -0.2) is 0 Å². The van der Waals surface area contributed by atoms with E-state index in [1.165, 1.54) is 0 Å². The summed E-state index contributed by atoms with van der Waals surface area (Å²) in [5, 5.41) is 17.7. The highest BCUT2D eigenvalue weighted by Gasteiger charge is 2.05. The quantitative estimate of drug-likeness (QED) is 0.199. The second kappa shape index (κ2) is 8.26. The fraction of sp³-hybridized carbons (Fsp3) is 0.467. The van der Waals surface area contributed by atoms with Gasteiger partial charge in [0.15, 0.2) is 5.84 Å². The minimum absolute atomic E-state index is 0.0523. The molecule has 0 atom stereocenters. The topological polar surface area (TPSA) is 99.7 Å². The van der Waals surface area contributed by atoms with Gasteiger partial charge in [0.2, 0.25) is 5.91 Å². The van der Waals surface area contributed by atoms with E-state index in [9.17, 15) is 4.79 Å². The molecule has 1 aromatic carbocycles. The number of oxime groups is 1. The molecule has 0 heterocycles. The Bertz CT molecular complexity index is 512. The van der Waals surface area contributed by atoms with Crippen molar-refractivity contribution in [2.75, 3.05) is 6.54 Å². The van der Waals surface area contributed by atoms with Crippen molar-refractivity contribution in [1.82, 2.24) is 10.6 Å². The van der Waals surface area contributed by atoms with Crippen LogP contribution in [0.3, 0.4) is 0 Å². The number of rotatable bonds is 7. The average Bonchev–Trinajstić information content (AvgIpc) is 2.43. The largest absolute Gasteiger partial charge is 0.409 e. The number of nitrogens with two attached hydrogens (primary N) is 1. The number of amides is 1. The highest BCUT2D eigenvalue weighted by atomic mass is 16.4. The summed E-state index contributed by atoms with van der Waals surface area (Å²) in [6.45, 7) is 7.16. The molecule has 1 rings (SSSR count). The summed E-state index contributed by atoms with van der Waals surface area (Å²) in [4.78, 5) is 11.5. The van der Waals surface area contributed by atoms with E-state index in [0.717, 1.165) is 11.1 Å². The van der Waals surface area contributed by atoms with Gasteiger partial charge < -0.3 is 21.6 Å². The van der Waals surface area contributed by atoms with E-state index in [1.54, 1.807) is 0 Å². The van der Waals surface area contributed by atoms with Crippen LogP contribution in [0.5, 0.6) is 0 Å². The molecule has 0 aliphatic carbocycles. The van der Waals surface area contributed by atoms with Crippen LogP contribution in [0.15, 0.2) is 23.4 Å². The van der Waals surface area contributed by atoms with Crippen molar-refractivity contribution < 1.29 is 10.0 Å². The number of hydrogen-bond donors (Lipinski definition) is 4. The molecule has 0 aliphatic rings. The van der Waals surface area contributed by atoms with Crippen LogP contribution in [0.4, 0.5) is 0 Å². The van der Waals surface area contributed by atoms with Gasteiger partial charge in [0, 0.05) is 31.1 Å². The van der Waals surface area contributed by atoms with Crippen LogP contribution in [0.1, 0.15) is 37.0 Å². The Morgan fingerprint density at radius 1 is 1.43 bits per heavy atom. The molecule has 0 bridgehead atoms. The molecule has 1 aromatic rings. The van der Waals surface area contributed by atoms with E-state index in [1.807, 2.05) is 39.0 Å². The fourth-order valence-electron chi connectivity index (χ4n) is 1.93. The van der Waals surface area contributed by atoms with E-state index >= 15 is 0 Å². The summed E-state index contributed by atoms with van der Waals surface area (Å²) in [7, 11) is 0. The van der Waals surface area contributed by atoms with Gasteiger partial charge in [-0.15, -0.1) is 0 Å². The summed E-state index contributed by atoms with van der Waals surface area (Å²) >= 11 is 0. The molecule has 0 aromatic heterocycles. The lowest BCUT2D eigenvalue weighted by Crippen LogP contribution is -2.32. The number of carbonyl (C=O) groups excluding carboxylic acids is 1. The fourth-order valence-corrected chi connectivity index (χ4v) is 1.93. The minimum atomic E-state index is 0.0523. The van der Waals surface area contributed by atoms with Crippen LogP contribution in [-0.2, 0) is 11.3 Å². The van der Waals surface area contributed by atoms with Crippen molar-refractivity contribution >= 4 is 11.7 Å². The summed E-state index contributed by atoms with van der Waals surface area (Å²) < 4.78 is 0. The van der Waals surface area contributed by atoms with Crippen LogP contribution in [0.25, 0.3) is 0 Å². The Hall–Kier alpha value is -2.08. The predicted molar refractivity (Wildman–Crippen MR) is 83.3 cm³/mol. The zero-order chi connectivity index (χ0) is 15.8. The first-order valence-corrected chi connectivity index (χ1v) is 7.01. The summed E-state index contributed by atoms with van der Waals surface area (Å²) in [6, 6.07) is 5.79. The highest BCUT2D eigenvalue weighted by Crippen LogP contribution is 2.11. The van der Waals surface area contributed by atoms with Gasteiger partial charge in [-0.2, -0.15) is 0 Å². The van der Waals surface area contributed by atoms with Gasteiger partial charge in [-0.05, 0) is 38.0 Å². The Labute approximate surface area is 125 Å². The molecule has 0 saturated carbocycles. The Morgan fingerprint density at radius 2 is 2.14 bits per heavy atom. The van der Waals surface area contributed by atoms with Crippen LogP contribution in [-0.4, -0.2) is 29.5 Å². The number of carbonyl (C=O) groups is 1. The van der Waals surface area contributed by atoms with Crippen molar-refractivity contribution in [2.45, 2.75) is 39.8 Å². The van der Waals surface area contributed by atoms with E-state index in [4.69, 9.17) is 10.9 Å². The second-order valence-corrected chi connectivity index (χ2v) is 5.28. The molecule has 6 nitrogen and oxygen atoms in total. The number of hydrogen-bond acceptors (Lipinski definition) is 4. The van der Waals surface area contributed by atoms with E-state index in [0.29, 0.717) is 25.1 Å². The summed E-state index contributed by atoms with van der Waals surface area (Å²) in [5.41, 5.74) is 8.41. The van der Waals surface area contributed by atoms with Gasteiger partial charge in [0.05, 0.1) is 0 Å². The molecule has 0 aliphatic heterocycles. The van der Waals surface area contributed by atoms with Crippen molar-refractivity contribution in [2.24, 2.45) is 10.9 Å². The van der Waals surface area contributed by atoms with E-state index in [2.05, 4.69) is 15.8 Å². The standard InChI is InChI=1S/C15H24N4O2/c1-10(2)18-14(20)6-7-17-9-13-5-4-12(8-11(13)3)15(16)19-21/h4-5,8,10,17,21H,6-7,9H2,1-3H3,(H2,16,19)(H,18,20). The van der Waals surface area contributed by atoms with Crippen molar-refractivity contribution in [3.63, 3.8) is 0 Å². The number of nitrogens with one attached hydrogen (secondary N) is 2. The Balaban J connectivity index is 2.44. The number of benzene rings is 1. The maximum absolute atomic E-state index is 11.5. The van der Waals surface area contributed by atoms with Gasteiger partial charge in [-0.1, -0.05) is 17.3 Å². The number of amidine groups is 1. The lowest BCUT2D eigenvalue weighted by Gasteiger charge is -2.11. The normalized spacial score (nSPS) is 11.7. The molecule has 0 radical (unpaired) electrons. The van der Waals surface area contributed by atoms with E-state index < -0.39 is 0 Å². The van der Waals surface area contributed by atoms with Crippen LogP contribution in [0, 0.1) is 6.92 Å². The molecule has 0 spiro atoms. The highest BCUT2D eigenvalue weighted by molar-refractivity contribution is 5.97. The first-order valence-electron chi connectivity index (χ1n) is 7.01. The monoisotopic (exact) mass is 292 g/mol. The van der Waals surface area contributed by atoms with Crippen molar-refractivity contribution in [1.29, 1.82) is 0 Å². The first kappa shape index (κ1) is 17.0. The molecule has 116 valence electrons. The molecular weight excluding hydrogens is 268 g/mol. The molecule has 5 N–H and O–H groups in total. The molecule has 0 saturated heterocycles. The number of aryl methyl sites for hydroxylation is 1. The summed E-state index contributed by atoms with van der Waals surface area (Å²) in [5.74, 6) is 0.152. The molecular formula is C15H24N4O2. The molecule has 0 fully saturated rings. The van der Waals surface area contributed by atoms with Crippen molar-refractivity contribution in [3.8, 4) is 0 Å². The van der Waals surface area contributed by atoms with Crippen LogP contribution < -0.4 is 16.4 Å². The third-order valence-electron chi connectivity index (χ3n) is 3.04. The third kappa shape index (κ3) is 5.83. The smallest absolute Gasteiger partial charge is 0.221 e. The minimum Gasteiger partial charge on any atom is -0.409 e. The third-order valence-corrected chi connectivity index (χ3v) is 3.04. The zero-order valence-electron chi connectivity index (χ0n) is 12.8. The molecule has 0 unspecified atom stereocenters. The number of nitrogens with zero attached hydrogens (tertiary/aromatic N) is 1. The maximum Gasteiger partial charge on any atom is 0.221 e. The molecule has 6 heteroatoms. The Kier molecular flexibility index (Phi) is 6.68. The van der Waals surface area contributed by atoms with Gasteiger partial charge in [-0.3, -0.25) is 4.79 Å². The Morgan fingerprint density at radius 3 is 2.71 bits per heavy atom. The van der Waals surface area contributed by atoms with Crippen molar-refractivity contribution in [3.05, 3.63) is 34.9 Å². The predicted octanol–water partition coefficient (Wildman–Crippen LogP) is 1.09. The molecule has 21 heavy (non-hydrogen) atoms. The average molecular weight is 292 g/mol. The second-order valence-electron chi connectivity index (χ2n) is 5.28. The van der Waals surface area contributed by atoms with Gasteiger partial charge in [0.1, 0.15) is 0 Å². The maximum atomic E-state index is 11.5. The molecule has 1 amide bonds. The zero-order valence-corrected chi connectivity index (χ0v) is 12.8. The summed E-state index contributed by atoms with van der Waals surface area (Å²) in [6.07, 6.45) is 0.458. The van der Waals surface area contributed by atoms with Crippen LogP contribution in [0.2, 0.25) is 0 Å². The SMILES string of the molecule is Cc1cc(/C(N)=N/O)ccc1CNCCC(=O)NC(C)C. The van der Waals surface area contributed by atoms with Gasteiger partial charge >= 0.3 is 0 Å². The lowest BCUT2D eigenvalue weighted by molar-refractivity contribution is -0.121. The van der Waals surface area contributed by atoms with Gasteiger partial charge in [0.25, 0.3) is 0 Å². The van der Waals surface area contributed by atoms with Crippen LogP contribution >= 0.6 is 0 Å².